The first-order valence-corrected chi connectivity index (χ1v) is 9.91. The van der Waals surface area contributed by atoms with Gasteiger partial charge in [-0.05, 0) is 73.5 Å². The molecule has 0 aromatic rings. The Hall–Kier alpha value is -0.500. The Kier molecular flexibility index (Phi) is 3.65. The number of carbonyl (C=O) groups is 1. The predicted molar refractivity (Wildman–Crippen MR) is 94.1 cm³/mol. The highest BCUT2D eigenvalue weighted by atomic mass is 35.5. The van der Waals surface area contributed by atoms with Gasteiger partial charge in [0, 0.05) is 25.0 Å². The van der Waals surface area contributed by atoms with Gasteiger partial charge in [-0.15, -0.1) is 0 Å². The van der Waals surface area contributed by atoms with Crippen molar-refractivity contribution in [1.82, 2.24) is 4.90 Å². The number of amides is 1. The summed E-state index contributed by atoms with van der Waals surface area (Å²) >= 11 is 6.16. The Morgan fingerprint density at radius 2 is 1.87 bits per heavy atom. The summed E-state index contributed by atoms with van der Waals surface area (Å²) in [6.45, 7) is 4.97. The van der Waals surface area contributed by atoms with Crippen LogP contribution < -0.4 is 0 Å². The molecular weight excluding hydrogens is 306 g/mol. The molecule has 0 spiro atoms. The number of likely N-dealkylation sites (tertiary alicyclic amines) is 1. The fraction of sp³-hybridized carbons (Fsp3) is 0.850. The zero-order chi connectivity index (χ0) is 16.4. The molecule has 3 unspecified atom stereocenters. The van der Waals surface area contributed by atoms with E-state index >= 15 is 0 Å². The number of rotatable bonds is 0. The molecule has 6 atom stereocenters. The van der Waals surface area contributed by atoms with Gasteiger partial charge in [-0.2, -0.15) is 0 Å². The highest BCUT2D eigenvalue weighted by Gasteiger charge is 2.59. The van der Waals surface area contributed by atoms with Crippen LogP contribution in [0.2, 0.25) is 0 Å². The molecule has 0 N–H and O–H groups in total. The molecule has 1 saturated heterocycles. The summed E-state index contributed by atoms with van der Waals surface area (Å²) in [5, 5.41) is 0. The fourth-order valence-electron chi connectivity index (χ4n) is 7.18. The van der Waals surface area contributed by atoms with Crippen molar-refractivity contribution in [2.45, 2.75) is 71.3 Å². The smallest absolute Gasteiger partial charge is 0.222 e. The van der Waals surface area contributed by atoms with Crippen LogP contribution >= 0.6 is 11.6 Å². The summed E-state index contributed by atoms with van der Waals surface area (Å²) in [7, 11) is 2.04. The Balaban J connectivity index is 1.66. The first kappa shape index (κ1) is 16.0. The molecule has 1 aliphatic heterocycles. The van der Waals surface area contributed by atoms with Gasteiger partial charge in [0.25, 0.3) is 0 Å². The van der Waals surface area contributed by atoms with Gasteiger partial charge in [0.1, 0.15) is 0 Å². The molecule has 2 nitrogen and oxygen atoms in total. The van der Waals surface area contributed by atoms with Crippen LogP contribution in [-0.4, -0.2) is 23.9 Å². The molecule has 0 aromatic heterocycles. The third-order valence-corrected chi connectivity index (χ3v) is 8.80. The Morgan fingerprint density at radius 3 is 2.61 bits per heavy atom. The van der Waals surface area contributed by atoms with Gasteiger partial charge in [-0.1, -0.05) is 31.0 Å². The molecule has 4 fully saturated rings. The van der Waals surface area contributed by atoms with Crippen LogP contribution in [0.25, 0.3) is 0 Å². The number of fused-ring (bicyclic) bond motifs is 5. The van der Waals surface area contributed by atoms with Crippen LogP contribution in [0.1, 0.15) is 65.2 Å². The first-order valence-electron chi connectivity index (χ1n) is 9.47. The van der Waals surface area contributed by atoms with Crippen LogP contribution in [0, 0.1) is 28.6 Å². The summed E-state index contributed by atoms with van der Waals surface area (Å²) in [6.07, 6.45) is 9.49. The van der Waals surface area contributed by atoms with E-state index in [0.717, 1.165) is 30.6 Å². The minimum atomic E-state index is 0.334. The predicted octanol–water partition coefficient (Wildman–Crippen LogP) is 4.97. The van der Waals surface area contributed by atoms with E-state index in [9.17, 15) is 4.79 Å². The average Bonchev–Trinajstić information content (AvgIpc) is 2.88. The van der Waals surface area contributed by atoms with E-state index in [1.807, 2.05) is 12.6 Å². The number of carbonyl (C=O) groups excluding carboxylic acids is 1. The van der Waals surface area contributed by atoms with Crippen LogP contribution in [0.3, 0.4) is 0 Å². The van der Waals surface area contributed by atoms with Gasteiger partial charge < -0.3 is 4.90 Å². The van der Waals surface area contributed by atoms with Gasteiger partial charge >= 0.3 is 0 Å². The van der Waals surface area contributed by atoms with E-state index in [0.29, 0.717) is 22.8 Å². The summed E-state index contributed by atoms with van der Waals surface area (Å²) in [4.78, 5) is 14.3. The molecule has 3 saturated carbocycles. The van der Waals surface area contributed by atoms with Crippen molar-refractivity contribution in [3.8, 4) is 0 Å². The van der Waals surface area contributed by atoms with Crippen LogP contribution in [0.4, 0.5) is 0 Å². The van der Waals surface area contributed by atoms with Crippen molar-refractivity contribution in [3.05, 3.63) is 11.1 Å². The van der Waals surface area contributed by atoms with E-state index in [1.165, 1.54) is 44.1 Å². The lowest BCUT2D eigenvalue weighted by Gasteiger charge is -2.61. The molecule has 3 aliphatic carbocycles. The largest absolute Gasteiger partial charge is 0.342 e. The quantitative estimate of drug-likeness (QED) is 0.612. The minimum Gasteiger partial charge on any atom is -0.342 e. The van der Waals surface area contributed by atoms with Crippen molar-refractivity contribution in [2.75, 3.05) is 7.05 Å². The monoisotopic (exact) mass is 335 g/mol. The molecule has 1 amide bonds. The molecule has 0 bridgehead atoms. The first-order chi connectivity index (χ1) is 10.9. The van der Waals surface area contributed by atoms with Gasteiger partial charge in [0.15, 0.2) is 0 Å². The van der Waals surface area contributed by atoms with Crippen LogP contribution in [-0.2, 0) is 4.79 Å². The summed E-state index contributed by atoms with van der Waals surface area (Å²) < 4.78 is 0. The normalized spacial score (nSPS) is 51.4. The van der Waals surface area contributed by atoms with Gasteiger partial charge in [0.2, 0.25) is 5.91 Å². The maximum absolute atomic E-state index is 12.2. The fourth-order valence-corrected chi connectivity index (χ4v) is 7.54. The molecule has 3 heteroatoms. The molecule has 23 heavy (non-hydrogen) atoms. The second kappa shape index (κ2) is 5.25. The van der Waals surface area contributed by atoms with Crippen LogP contribution in [0.5, 0.6) is 0 Å². The number of allylic oxidation sites excluding steroid dienone is 1. The number of piperidine rings is 1. The lowest BCUT2D eigenvalue weighted by molar-refractivity contribution is -0.156. The van der Waals surface area contributed by atoms with E-state index in [-0.39, 0.29) is 0 Å². The summed E-state index contributed by atoms with van der Waals surface area (Å²) in [5.74, 6) is 2.81. The van der Waals surface area contributed by atoms with Crippen LogP contribution in [0.15, 0.2) is 11.1 Å². The second-order valence-electron chi connectivity index (χ2n) is 9.11. The summed E-state index contributed by atoms with van der Waals surface area (Å²) in [5.41, 5.74) is 4.08. The van der Waals surface area contributed by atoms with Crippen molar-refractivity contribution in [2.24, 2.45) is 28.6 Å². The molecule has 0 radical (unpaired) electrons. The Morgan fingerprint density at radius 1 is 1.09 bits per heavy atom. The van der Waals surface area contributed by atoms with E-state index in [2.05, 4.69) is 18.7 Å². The Labute approximate surface area is 145 Å². The van der Waals surface area contributed by atoms with Crippen molar-refractivity contribution in [1.29, 1.82) is 0 Å². The van der Waals surface area contributed by atoms with Gasteiger partial charge in [0.05, 0.1) is 0 Å². The maximum Gasteiger partial charge on any atom is 0.222 e. The number of hydrogen-bond acceptors (Lipinski definition) is 1. The zero-order valence-corrected chi connectivity index (χ0v) is 15.5. The number of nitrogens with zero attached hydrogens (tertiary/aromatic N) is 1. The van der Waals surface area contributed by atoms with E-state index < -0.39 is 0 Å². The van der Waals surface area contributed by atoms with E-state index in [1.54, 1.807) is 0 Å². The second-order valence-corrected chi connectivity index (χ2v) is 9.33. The lowest BCUT2D eigenvalue weighted by Crippen LogP contribution is -2.61. The topological polar surface area (TPSA) is 20.3 Å². The maximum atomic E-state index is 12.2. The minimum absolute atomic E-state index is 0.334. The van der Waals surface area contributed by atoms with Gasteiger partial charge in [-0.25, -0.2) is 0 Å². The molecule has 4 aliphatic rings. The number of halogens is 1. The van der Waals surface area contributed by atoms with Crippen molar-refractivity contribution >= 4 is 17.5 Å². The average molecular weight is 336 g/mol. The standard InChI is InChI=1S/C20H30ClNO/c1-19-10-8-16-14(15(19)6-4-13(19)12-21)5-7-17-20(16,2)11-9-18(23)22(17)3/h12,14-17H,4-11H2,1-3H3/b13-12+/t14?,15?,16?,17-,19-,20-/m1/s1. The third kappa shape index (κ3) is 2.03. The molecule has 1 heterocycles. The van der Waals surface area contributed by atoms with Gasteiger partial charge in [-0.3, -0.25) is 4.79 Å². The SMILES string of the molecule is CN1C(=O)CC[C@]2(C)C3CC[C@]4(C)/C(=C/Cl)CCC4C3CC[C@@H]12. The van der Waals surface area contributed by atoms with Crippen molar-refractivity contribution < 1.29 is 4.79 Å². The van der Waals surface area contributed by atoms with Crippen molar-refractivity contribution in [3.63, 3.8) is 0 Å². The highest BCUT2D eigenvalue weighted by molar-refractivity contribution is 6.25. The summed E-state index contributed by atoms with van der Waals surface area (Å²) in [6, 6.07) is 0.471. The highest BCUT2D eigenvalue weighted by Crippen LogP contribution is 2.66. The molecule has 128 valence electrons. The Bertz CT molecular complexity index is 558. The molecule has 0 aromatic carbocycles. The molecular formula is C20H30ClNO. The van der Waals surface area contributed by atoms with E-state index in [4.69, 9.17) is 11.6 Å². The third-order valence-electron chi connectivity index (χ3n) is 8.54. The zero-order valence-electron chi connectivity index (χ0n) is 14.8. The molecule has 4 rings (SSSR count). The lowest BCUT2D eigenvalue weighted by atomic mass is 9.47. The number of hydrogen-bond donors (Lipinski definition) is 0.